The second-order valence-corrected chi connectivity index (χ2v) is 7.58. The van der Waals surface area contributed by atoms with E-state index in [1.807, 2.05) is 0 Å². The van der Waals surface area contributed by atoms with Gasteiger partial charge in [-0.25, -0.2) is 17.9 Å². The third-order valence-corrected chi connectivity index (χ3v) is 5.15. The van der Waals surface area contributed by atoms with Gasteiger partial charge in [0.25, 0.3) is 5.91 Å². The zero-order valence-corrected chi connectivity index (χ0v) is 16.6. The van der Waals surface area contributed by atoms with Crippen molar-refractivity contribution in [2.45, 2.75) is 18.4 Å². The molecule has 0 aliphatic rings. The molecule has 1 amide bonds. The number of ether oxygens (including phenoxy) is 2. The molecule has 10 nitrogen and oxygen atoms in total. The molecule has 0 fully saturated rings. The van der Waals surface area contributed by atoms with Crippen LogP contribution >= 0.6 is 0 Å². The Kier molecular flexibility index (Phi) is 7.51. The Morgan fingerprint density at radius 1 is 1.17 bits per heavy atom. The Morgan fingerprint density at radius 3 is 2.59 bits per heavy atom. The number of methoxy groups -OCH3 is 1. The van der Waals surface area contributed by atoms with Crippen LogP contribution in [0.25, 0.3) is 0 Å². The first kappa shape index (κ1) is 22.1. The fourth-order valence-electron chi connectivity index (χ4n) is 2.15. The molecule has 2 rings (SSSR count). The number of nitrogens with one attached hydrogen (secondary N) is 2. The predicted octanol–water partition coefficient (Wildman–Crippen LogP) is 0.513. The molecular formula is C18H20N2O8S. The number of esters is 2. The average molecular weight is 424 g/mol. The van der Waals surface area contributed by atoms with E-state index < -0.39 is 34.5 Å². The number of hydrogen-bond acceptors (Lipinski definition) is 8. The number of hydrogen-bond donors (Lipinski definition) is 2. The molecule has 0 radical (unpaired) electrons. The Balaban J connectivity index is 2.02. The van der Waals surface area contributed by atoms with Crippen molar-refractivity contribution in [3.63, 3.8) is 0 Å². The summed E-state index contributed by atoms with van der Waals surface area (Å²) in [5.41, 5.74) is 0.460. The van der Waals surface area contributed by atoms with Crippen molar-refractivity contribution in [2.24, 2.45) is 0 Å². The largest absolute Gasteiger partial charge is 0.468 e. The normalized spacial score (nSPS) is 11.0. The third-order valence-electron chi connectivity index (χ3n) is 3.75. The van der Waals surface area contributed by atoms with Gasteiger partial charge in [-0.2, -0.15) is 0 Å². The van der Waals surface area contributed by atoms with Crippen LogP contribution in [0.4, 0.5) is 0 Å². The minimum Gasteiger partial charge on any atom is -0.468 e. The zero-order valence-electron chi connectivity index (χ0n) is 15.8. The fourth-order valence-corrected chi connectivity index (χ4v) is 3.17. The van der Waals surface area contributed by atoms with E-state index in [-0.39, 0.29) is 23.5 Å². The van der Waals surface area contributed by atoms with Gasteiger partial charge in [0, 0.05) is 0 Å². The highest BCUT2D eigenvalue weighted by Crippen LogP contribution is 2.17. The smallest absolute Gasteiger partial charge is 0.338 e. The molecule has 29 heavy (non-hydrogen) atoms. The molecular weight excluding hydrogens is 404 g/mol. The van der Waals surface area contributed by atoms with Crippen LogP contribution in [0.5, 0.6) is 0 Å². The number of aryl methyl sites for hydroxylation is 1. The molecule has 1 aromatic heterocycles. The van der Waals surface area contributed by atoms with E-state index >= 15 is 0 Å². The molecule has 0 unspecified atom stereocenters. The van der Waals surface area contributed by atoms with Gasteiger partial charge >= 0.3 is 11.9 Å². The Morgan fingerprint density at radius 2 is 1.93 bits per heavy atom. The van der Waals surface area contributed by atoms with E-state index in [0.717, 1.165) is 6.07 Å². The minimum atomic E-state index is -3.91. The Bertz CT molecular complexity index is 983. The van der Waals surface area contributed by atoms with Crippen LogP contribution in [0.2, 0.25) is 0 Å². The van der Waals surface area contributed by atoms with Gasteiger partial charge in [0.2, 0.25) is 10.0 Å². The van der Waals surface area contributed by atoms with Crippen molar-refractivity contribution in [1.82, 2.24) is 10.0 Å². The lowest BCUT2D eigenvalue weighted by Gasteiger charge is -2.10. The van der Waals surface area contributed by atoms with Crippen LogP contribution in [0, 0.1) is 6.92 Å². The lowest BCUT2D eigenvalue weighted by molar-refractivity contribution is -0.141. The van der Waals surface area contributed by atoms with E-state index in [1.54, 1.807) is 19.1 Å². The van der Waals surface area contributed by atoms with Crippen LogP contribution in [-0.4, -0.2) is 46.5 Å². The van der Waals surface area contributed by atoms with Crippen LogP contribution in [0.3, 0.4) is 0 Å². The number of carbonyl (C=O) groups is 3. The van der Waals surface area contributed by atoms with E-state index in [4.69, 9.17) is 9.15 Å². The van der Waals surface area contributed by atoms with Crippen LogP contribution in [0.15, 0.2) is 45.9 Å². The molecule has 2 N–H and O–H groups in total. The van der Waals surface area contributed by atoms with Gasteiger partial charge in [-0.15, -0.1) is 0 Å². The van der Waals surface area contributed by atoms with Crippen LogP contribution < -0.4 is 10.0 Å². The predicted molar refractivity (Wildman–Crippen MR) is 99.2 cm³/mol. The quantitative estimate of drug-likeness (QED) is 0.555. The van der Waals surface area contributed by atoms with Gasteiger partial charge < -0.3 is 19.2 Å². The molecule has 11 heteroatoms. The first-order valence-electron chi connectivity index (χ1n) is 8.36. The Hall–Kier alpha value is -3.18. The van der Waals surface area contributed by atoms with Gasteiger partial charge in [-0.1, -0.05) is 6.07 Å². The minimum absolute atomic E-state index is 0.00774. The van der Waals surface area contributed by atoms with Crippen LogP contribution in [-0.2, 0) is 35.6 Å². The molecule has 2 aromatic rings. The first-order valence-corrected chi connectivity index (χ1v) is 9.84. The maximum Gasteiger partial charge on any atom is 0.338 e. The highest BCUT2D eigenvalue weighted by Gasteiger charge is 2.20. The zero-order chi connectivity index (χ0) is 21.4. The molecule has 0 bridgehead atoms. The highest BCUT2D eigenvalue weighted by molar-refractivity contribution is 7.89. The SMILES string of the molecule is COC(=O)CNC(=O)COC(=O)c1cc(S(=O)(=O)NCc2ccco2)ccc1C. The topological polar surface area (TPSA) is 141 Å². The van der Waals surface area contributed by atoms with Gasteiger partial charge in [-0.3, -0.25) is 9.59 Å². The average Bonchev–Trinajstić information content (AvgIpc) is 3.22. The van der Waals surface area contributed by atoms with Gasteiger partial charge in [-0.05, 0) is 36.8 Å². The lowest BCUT2D eigenvalue weighted by atomic mass is 10.1. The lowest BCUT2D eigenvalue weighted by Crippen LogP contribution is -2.33. The summed E-state index contributed by atoms with van der Waals surface area (Å²) in [6, 6.07) is 7.21. The van der Waals surface area contributed by atoms with E-state index in [1.165, 1.54) is 25.5 Å². The molecule has 1 aromatic carbocycles. The summed E-state index contributed by atoms with van der Waals surface area (Å²) in [5, 5.41) is 2.22. The summed E-state index contributed by atoms with van der Waals surface area (Å²) < 4.78 is 41.6. The summed E-state index contributed by atoms with van der Waals surface area (Å²) in [7, 11) is -2.74. The molecule has 156 valence electrons. The summed E-state index contributed by atoms with van der Waals surface area (Å²) in [6.07, 6.45) is 1.42. The van der Waals surface area contributed by atoms with Gasteiger partial charge in [0.15, 0.2) is 6.61 Å². The first-order chi connectivity index (χ1) is 13.7. The molecule has 0 aliphatic heterocycles. The number of amides is 1. The summed E-state index contributed by atoms with van der Waals surface area (Å²) in [5.74, 6) is -1.80. The van der Waals surface area contributed by atoms with Crippen molar-refractivity contribution < 1.29 is 36.7 Å². The maximum atomic E-state index is 12.4. The van der Waals surface area contributed by atoms with Gasteiger partial charge in [0.1, 0.15) is 12.3 Å². The van der Waals surface area contributed by atoms with Crippen molar-refractivity contribution in [3.8, 4) is 0 Å². The second kappa shape index (κ2) is 9.85. The number of rotatable bonds is 9. The molecule has 0 aliphatic carbocycles. The Labute approximate surface area is 167 Å². The molecule has 0 atom stereocenters. The number of benzene rings is 1. The highest BCUT2D eigenvalue weighted by atomic mass is 32.2. The number of carbonyl (C=O) groups excluding carboxylic acids is 3. The molecule has 0 saturated carbocycles. The molecule has 0 saturated heterocycles. The van der Waals surface area contributed by atoms with Gasteiger partial charge in [0.05, 0.1) is 30.4 Å². The number of sulfonamides is 1. The fraction of sp³-hybridized carbons (Fsp3) is 0.278. The summed E-state index contributed by atoms with van der Waals surface area (Å²) in [6.45, 7) is 0.550. The van der Waals surface area contributed by atoms with E-state index in [2.05, 4.69) is 14.8 Å². The monoisotopic (exact) mass is 424 g/mol. The van der Waals surface area contributed by atoms with Crippen molar-refractivity contribution in [2.75, 3.05) is 20.3 Å². The van der Waals surface area contributed by atoms with E-state index in [0.29, 0.717) is 11.3 Å². The van der Waals surface area contributed by atoms with E-state index in [9.17, 15) is 22.8 Å². The molecule has 0 spiro atoms. The molecule has 1 heterocycles. The maximum absolute atomic E-state index is 12.4. The number of furan rings is 1. The third kappa shape index (κ3) is 6.43. The van der Waals surface area contributed by atoms with Crippen molar-refractivity contribution in [1.29, 1.82) is 0 Å². The second-order valence-electron chi connectivity index (χ2n) is 5.81. The van der Waals surface area contributed by atoms with Crippen molar-refractivity contribution >= 4 is 27.9 Å². The standard InChI is InChI=1S/C18H20N2O8S/c1-12-5-6-14(29(24,25)20-9-13-4-3-7-27-13)8-15(12)18(23)28-11-16(21)19-10-17(22)26-2/h3-8,20H,9-11H2,1-2H3,(H,19,21). The summed E-state index contributed by atoms with van der Waals surface area (Å²) >= 11 is 0. The summed E-state index contributed by atoms with van der Waals surface area (Å²) in [4.78, 5) is 34.7. The van der Waals surface area contributed by atoms with Crippen LogP contribution in [0.1, 0.15) is 21.7 Å². The van der Waals surface area contributed by atoms with Crippen molar-refractivity contribution in [3.05, 3.63) is 53.5 Å².